The highest BCUT2D eigenvalue weighted by atomic mass is 32.2. The maximum Gasteiger partial charge on any atom is 0.251 e. The smallest absolute Gasteiger partial charge is 0.251 e. The Morgan fingerprint density at radius 2 is 1.54 bits per heavy atom. The summed E-state index contributed by atoms with van der Waals surface area (Å²) < 4.78 is 35.4. The number of pyridine rings is 1. The van der Waals surface area contributed by atoms with Crippen molar-refractivity contribution in [2.75, 3.05) is 6.61 Å². The normalized spacial score (nSPS) is 16.6. The highest BCUT2D eigenvalue weighted by Crippen LogP contribution is 2.54. The Labute approximate surface area is 241 Å². The second-order valence-electron chi connectivity index (χ2n) is 10.7. The number of ether oxygens (including phenoxy) is 1. The van der Waals surface area contributed by atoms with Crippen LogP contribution in [0.5, 0.6) is 5.75 Å². The van der Waals surface area contributed by atoms with E-state index in [1.165, 1.54) is 0 Å². The van der Waals surface area contributed by atoms with Crippen molar-refractivity contribution in [1.82, 2.24) is 14.6 Å². The van der Waals surface area contributed by atoms with Gasteiger partial charge in [-0.2, -0.15) is 4.31 Å². The summed E-state index contributed by atoms with van der Waals surface area (Å²) in [6.45, 7) is 2.53. The van der Waals surface area contributed by atoms with E-state index in [1.54, 1.807) is 46.9 Å². The molecule has 0 bridgehead atoms. The Hall–Kier alpha value is -4.01. The minimum atomic E-state index is -3.89. The number of hydrogen-bond acceptors (Lipinski definition) is 5. The van der Waals surface area contributed by atoms with Gasteiger partial charge in [0, 0.05) is 11.8 Å². The highest BCUT2D eigenvalue weighted by molar-refractivity contribution is 7.89. The summed E-state index contributed by atoms with van der Waals surface area (Å²) in [6.07, 6.45) is 4.86. The van der Waals surface area contributed by atoms with Crippen molar-refractivity contribution < 1.29 is 17.9 Å². The first-order valence-corrected chi connectivity index (χ1v) is 15.4. The molecular weight excluding hydrogens is 534 g/mol. The molecule has 2 aliphatic carbocycles. The molecule has 41 heavy (non-hydrogen) atoms. The van der Waals surface area contributed by atoms with Gasteiger partial charge in [0.25, 0.3) is 5.91 Å². The summed E-state index contributed by atoms with van der Waals surface area (Å²) in [5, 5.41) is 3.22. The predicted octanol–water partition coefficient (Wildman–Crippen LogP) is 5.78. The van der Waals surface area contributed by atoms with Crippen molar-refractivity contribution in [2.24, 2.45) is 0 Å². The van der Waals surface area contributed by atoms with Crippen LogP contribution in [0.3, 0.4) is 0 Å². The number of benzene rings is 3. The third-order valence-electron chi connectivity index (χ3n) is 8.07. The van der Waals surface area contributed by atoms with E-state index in [9.17, 15) is 13.2 Å². The number of carbonyl (C=O) groups excluding carboxylic acids is 1. The van der Waals surface area contributed by atoms with E-state index in [-0.39, 0.29) is 22.9 Å². The van der Waals surface area contributed by atoms with Gasteiger partial charge in [-0.1, -0.05) is 48.5 Å². The SMILES string of the molecule is CCOc1ccc(S(=O)(=O)N(Cc2ccccn2)C2(c3ccc(C(=O)NC4(c5ccccc5)CC4)cc3)CC2)cc1. The maximum atomic E-state index is 14.1. The van der Waals surface area contributed by atoms with Crippen LogP contribution in [0.4, 0.5) is 0 Å². The summed E-state index contributed by atoms with van der Waals surface area (Å²) in [7, 11) is -3.89. The lowest BCUT2D eigenvalue weighted by molar-refractivity contribution is 0.0930. The molecule has 0 saturated heterocycles. The second kappa shape index (κ2) is 10.8. The number of sulfonamides is 1. The molecular formula is C33H33N3O4S. The number of nitrogens with zero attached hydrogens (tertiary/aromatic N) is 2. The van der Waals surface area contributed by atoms with Gasteiger partial charge in [-0.15, -0.1) is 0 Å². The summed E-state index contributed by atoms with van der Waals surface area (Å²) in [6, 6.07) is 29.5. The quantitative estimate of drug-likeness (QED) is 0.248. The summed E-state index contributed by atoms with van der Waals surface area (Å²) in [5.41, 5.74) is 2.18. The third kappa shape index (κ3) is 5.37. The van der Waals surface area contributed by atoms with Crippen molar-refractivity contribution >= 4 is 15.9 Å². The molecule has 2 aliphatic rings. The van der Waals surface area contributed by atoms with Crippen LogP contribution >= 0.6 is 0 Å². The van der Waals surface area contributed by atoms with Crippen LogP contribution in [0.25, 0.3) is 0 Å². The zero-order valence-electron chi connectivity index (χ0n) is 23.0. The molecule has 4 aromatic rings. The number of aromatic nitrogens is 1. The molecule has 1 amide bonds. The first-order chi connectivity index (χ1) is 19.9. The first kappa shape index (κ1) is 27.2. The fourth-order valence-corrected chi connectivity index (χ4v) is 7.28. The van der Waals surface area contributed by atoms with Crippen LogP contribution in [0, 0.1) is 0 Å². The minimum Gasteiger partial charge on any atom is -0.494 e. The van der Waals surface area contributed by atoms with Crippen LogP contribution in [-0.4, -0.2) is 30.2 Å². The monoisotopic (exact) mass is 567 g/mol. The van der Waals surface area contributed by atoms with Gasteiger partial charge in [0.05, 0.1) is 34.8 Å². The van der Waals surface area contributed by atoms with Gasteiger partial charge in [0.1, 0.15) is 5.75 Å². The number of hydrogen-bond donors (Lipinski definition) is 1. The lowest BCUT2D eigenvalue weighted by Gasteiger charge is -2.31. The number of amides is 1. The summed E-state index contributed by atoms with van der Waals surface area (Å²) in [4.78, 5) is 17.8. The molecule has 3 aromatic carbocycles. The van der Waals surface area contributed by atoms with Crippen LogP contribution in [0.2, 0.25) is 0 Å². The lowest BCUT2D eigenvalue weighted by atomic mass is 10.0. The molecule has 2 saturated carbocycles. The molecule has 0 aliphatic heterocycles. The van der Waals surface area contributed by atoms with E-state index in [0.29, 0.717) is 36.5 Å². The van der Waals surface area contributed by atoms with Crippen molar-refractivity contribution in [3.8, 4) is 5.75 Å². The van der Waals surface area contributed by atoms with Gasteiger partial charge in [-0.25, -0.2) is 8.42 Å². The Kier molecular flexibility index (Phi) is 7.13. The van der Waals surface area contributed by atoms with E-state index in [2.05, 4.69) is 10.3 Å². The molecule has 7 nitrogen and oxygen atoms in total. The van der Waals surface area contributed by atoms with Crippen molar-refractivity contribution in [1.29, 1.82) is 0 Å². The van der Waals surface area contributed by atoms with E-state index < -0.39 is 15.6 Å². The van der Waals surface area contributed by atoms with Crippen molar-refractivity contribution in [3.05, 3.63) is 126 Å². The van der Waals surface area contributed by atoms with Gasteiger partial charge >= 0.3 is 0 Å². The van der Waals surface area contributed by atoms with Crippen LogP contribution in [-0.2, 0) is 27.6 Å². The zero-order valence-corrected chi connectivity index (χ0v) is 23.8. The van der Waals surface area contributed by atoms with Gasteiger partial charge in [0.2, 0.25) is 10.0 Å². The Morgan fingerprint density at radius 1 is 0.854 bits per heavy atom. The summed E-state index contributed by atoms with van der Waals surface area (Å²) >= 11 is 0. The molecule has 1 aromatic heterocycles. The van der Waals surface area contributed by atoms with E-state index in [1.807, 2.05) is 67.6 Å². The van der Waals surface area contributed by atoms with E-state index in [4.69, 9.17) is 4.74 Å². The molecule has 1 N–H and O–H groups in total. The number of carbonyl (C=O) groups is 1. The predicted molar refractivity (Wildman–Crippen MR) is 157 cm³/mol. The third-order valence-corrected chi connectivity index (χ3v) is 10.00. The van der Waals surface area contributed by atoms with E-state index in [0.717, 1.165) is 24.0 Å². The highest BCUT2D eigenvalue weighted by Gasteiger charge is 2.54. The number of nitrogens with one attached hydrogen (secondary N) is 1. The minimum absolute atomic E-state index is 0.130. The maximum absolute atomic E-state index is 14.1. The number of rotatable bonds is 11. The largest absolute Gasteiger partial charge is 0.494 e. The molecule has 6 rings (SSSR count). The van der Waals surface area contributed by atoms with Crippen LogP contribution in [0.15, 0.2) is 108 Å². The fraction of sp³-hybridized carbons (Fsp3) is 0.273. The first-order valence-electron chi connectivity index (χ1n) is 14.0. The fourth-order valence-electron chi connectivity index (χ4n) is 5.50. The molecule has 210 valence electrons. The van der Waals surface area contributed by atoms with Gasteiger partial charge < -0.3 is 10.1 Å². The molecule has 0 unspecified atom stereocenters. The lowest BCUT2D eigenvalue weighted by Crippen LogP contribution is -2.40. The van der Waals surface area contributed by atoms with Crippen molar-refractivity contribution in [3.63, 3.8) is 0 Å². The summed E-state index contributed by atoms with van der Waals surface area (Å²) in [5.74, 6) is 0.494. The average Bonchev–Trinajstić information content (AvgIpc) is 3.94. The van der Waals surface area contributed by atoms with Gasteiger partial charge in [-0.3, -0.25) is 9.78 Å². The molecule has 1 heterocycles. The van der Waals surface area contributed by atoms with Gasteiger partial charge in [0.15, 0.2) is 0 Å². The Morgan fingerprint density at radius 3 is 2.12 bits per heavy atom. The molecule has 0 atom stereocenters. The van der Waals surface area contributed by atoms with Crippen LogP contribution in [0.1, 0.15) is 59.8 Å². The average molecular weight is 568 g/mol. The van der Waals surface area contributed by atoms with Crippen molar-refractivity contribution in [2.45, 2.75) is 55.1 Å². The van der Waals surface area contributed by atoms with Gasteiger partial charge in [-0.05, 0) is 92.3 Å². The van der Waals surface area contributed by atoms with E-state index >= 15 is 0 Å². The van der Waals surface area contributed by atoms with Crippen LogP contribution < -0.4 is 10.1 Å². The molecule has 8 heteroatoms. The molecule has 2 fully saturated rings. The Bertz CT molecular complexity index is 1620. The topological polar surface area (TPSA) is 88.6 Å². The second-order valence-corrected chi connectivity index (χ2v) is 12.6. The standard InChI is InChI=1S/C33H33N3O4S/c1-2-40-29-15-17-30(18-16-29)41(38,39)36(24-28-10-6-7-23-34-28)33(21-22-33)27-13-11-25(12-14-27)31(37)35-32(19-20-32)26-8-4-3-5-9-26/h3-18,23H,2,19-22,24H2,1H3,(H,35,37). The molecule has 0 spiro atoms. The molecule has 0 radical (unpaired) electrons. The Balaban J connectivity index is 1.28. The zero-order chi connectivity index (χ0) is 28.5.